The Hall–Kier alpha value is -1.56. The van der Waals surface area contributed by atoms with Gasteiger partial charge in [-0.2, -0.15) is 0 Å². The standard InChI is InChI=1S/C10H13N3O2S/c1-2-9(10(11)12)16-8-5-3-7(4-6-8)13(14)15/h3-6,9H,2H2,1H3,(H3,11,12). The Kier molecular flexibility index (Phi) is 4.30. The van der Waals surface area contributed by atoms with Crippen molar-refractivity contribution >= 4 is 23.3 Å². The minimum Gasteiger partial charge on any atom is -0.387 e. The Morgan fingerprint density at radius 2 is 2.12 bits per heavy atom. The second-order valence-corrected chi connectivity index (χ2v) is 4.50. The zero-order valence-corrected chi connectivity index (χ0v) is 9.66. The van der Waals surface area contributed by atoms with Crippen LogP contribution >= 0.6 is 11.8 Å². The fraction of sp³-hybridized carbons (Fsp3) is 0.300. The van der Waals surface area contributed by atoms with E-state index in [2.05, 4.69) is 0 Å². The zero-order valence-electron chi connectivity index (χ0n) is 8.84. The van der Waals surface area contributed by atoms with Gasteiger partial charge in [0.2, 0.25) is 0 Å². The van der Waals surface area contributed by atoms with Gasteiger partial charge in [-0.15, -0.1) is 11.8 Å². The molecule has 0 amide bonds. The maximum absolute atomic E-state index is 10.4. The number of thioether (sulfide) groups is 1. The normalized spacial score (nSPS) is 12.1. The molecule has 6 heteroatoms. The molecule has 0 saturated heterocycles. The molecule has 0 spiro atoms. The molecule has 1 aromatic carbocycles. The van der Waals surface area contributed by atoms with E-state index < -0.39 is 4.92 Å². The Balaban J connectivity index is 2.75. The molecule has 0 aliphatic carbocycles. The van der Waals surface area contributed by atoms with Gasteiger partial charge in [-0.3, -0.25) is 15.5 Å². The van der Waals surface area contributed by atoms with Gasteiger partial charge in [-0.1, -0.05) is 6.92 Å². The van der Waals surface area contributed by atoms with E-state index in [1.54, 1.807) is 12.1 Å². The summed E-state index contributed by atoms with van der Waals surface area (Å²) in [6.45, 7) is 1.95. The van der Waals surface area contributed by atoms with E-state index in [-0.39, 0.29) is 16.8 Å². The Morgan fingerprint density at radius 3 is 2.50 bits per heavy atom. The second kappa shape index (κ2) is 5.50. The van der Waals surface area contributed by atoms with Crippen LogP contribution in [-0.4, -0.2) is 16.0 Å². The van der Waals surface area contributed by atoms with Crippen molar-refractivity contribution in [2.75, 3.05) is 0 Å². The van der Waals surface area contributed by atoms with E-state index in [4.69, 9.17) is 11.1 Å². The smallest absolute Gasteiger partial charge is 0.269 e. The maximum atomic E-state index is 10.4. The number of amidine groups is 1. The van der Waals surface area contributed by atoms with E-state index in [1.165, 1.54) is 23.9 Å². The van der Waals surface area contributed by atoms with Crippen molar-refractivity contribution < 1.29 is 4.92 Å². The summed E-state index contributed by atoms with van der Waals surface area (Å²) in [6, 6.07) is 6.26. The third kappa shape index (κ3) is 3.23. The summed E-state index contributed by atoms with van der Waals surface area (Å²) in [5, 5.41) is 17.7. The highest BCUT2D eigenvalue weighted by Crippen LogP contribution is 2.26. The van der Waals surface area contributed by atoms with Crippen LogP contribution in [0.25, 0.3) is 0 Å². The third-order valence-corrected chi connectivity index (χ3v) is 3.46. The summed E-state index contributed by atoms with van der Waals surface area (Å²) in [6.07, 6.45) is 0.761. The molecule has 0 bridgehead atoms. The Labute approximate surface area is 97.7 Å². The maximum Gasteiger partial charge on any atom is 0.269 e. The van der Waals surface area contributed by atoms with Gasteiger partial charge >= 0.3 is 0 Å². The first-order valence-electron chi connectivity index (χ1n) is 4.79. The van der Waals surface area contributed by atoms with Gasteiger partial charge in [0.1, 0.15) is 5.84 Å². The molecule has 1 aromatic rings. The summed E-state index contributed by atoms with van der Waals surface area (Å²) >= 11 is 1.45. The molecule has 0 fully saturated rings. The first kappa shape index (κ1) is 12.5. The van der Waals surface area contributed by atoms with Gasteiger partial charge in [0.05, 0.1) is 10.2 Å². The minimum atomic E-state index is -0.434. The van der Waals surface area contributed by atoms with Gasteiger partial charge in [-0.05, 0) is 18.6 Å². The number of benzene rings is 1. The van der Waals surface area contributed by atoms with E-state index in [0.717, 1.165) is 11.3 Å². The van der Waals surface area contributed by atoms with Crippen molar-refractivity contribution in [3.8, 4) is 0 Å². The molecule has 0 aliphatic heterocycles. The first-order valence-corrected chi connectivity index (χ1v) is 5.67. The highest BCUT2D eigenvalue weighted by atomic mass is 32.2. The molecule has 86 valence electrons. The van der Waals surface area contributed by atoms with Crippen LogP contribution in [0.4, 0.5) is 5.69 Å². The van der Waals surface area contributed by atoms with Gasteiger partial charge < -0.3 is 5.73 Å². The number of hydrogen-bond donors (Lipinski definition) is 2. The summed E-state index contributed by atoms with van der Waals surface area (Å²) in [5.74, 6) is 0.130. The molecular weight excluding hydrogens is 226 g/mol. The number of non-ortho nitro benzene ring substituents is 1. The molecule has 3 N–H and O–H groups in total. The molecule has 0 saturated carbocycles. The Morgan fingerprint density at radius 1 is 1.56 bits per heavy atom. The molecule has 16 heavy (non-hydrogen) atoms. The molecule has 0 aromatic heterocycles. The molecule has 1 atom stereocenters. The Bertz CT molecular complexity index is 392. The van der Waals surface area contributed by atoms with Crippen molar-refractivity contribution in [2.24, 2.45) is 5.73 Å². The van der Waals surface area contributed by atoms with Gasteiger partial charge in [0.15, 0.2) is 0 Å². The summed E-state index contributed by atoms with van der Waals surface area (Å²) in [4.78, 5) is 10.9. The van der Waals surface area contributed by atoms with Crippen LogP contribution in [0.3, 0.4) is 0 Å². The number of rotatable bonds is 5. The zero-order chi connectivity index (χ0) is 12.1. The highest BCUT2D eigenvalue weighted by molar-refractivity contribution is 8.00. The summed E-state index contributed by atoms with van der Waals surface area (Å²) < 4.78 is 0. The van der Waals surface area contributed by atoms with Crippen LogP contribution in [0.15, 0.2) is 29.2 Å². The van der Waals surface area contributed by atoms with Crippen molar-refractivity contribution in [1.82, 2.24) is 0 Å². The highest BCUT2D eigenvalue weighted by Gasteiger charge is 2.12. The van der Waals surface area contributed by atoms with Crippen LogP contribution in [0.1, 0.15) is 13.3 Å². The van der Waals surface area contributed by atoms with Gasteiger partial charge in [0, 0.05) is 17.0 Å². The number of hydrogen-bond acceptors (Lipinski definition) is 4. The molecule has 0 heterocycles. The lowest BCUT2D eigenvalue weighted by atomic mass is 10.3. The van der Waals surface area contributed by atoms with Crippen molar-refractivity contribution in [1.29, 1.82) is 5.41 Å². The minimum absolute atomic E-state index is 0.0681. The number of nitrogens with one attached hydrogen (secondary N) is 1. The van der Waals surface area contributed by atoms with Crippen molar-refractivity contribution in [3.63, 3.8) is 0 Å². The summed E-state index contributed by atoms with van der Waals surface area (Å²) in [5.41, 5.74) is 5.50. The topological polar surface area (TPSA) is 93.0 Å². The molecule has 1 unspecified atom stereocenters. The SMILES string of the molecule is CCC(Sc1ccc([N+](=O)[O-])cc1)C(=N)N. The number of nitro groups is 1. The van der Waals surface area contributed by atoms with Crippen molar-refractivity contribution in [3.05, 3.63) is 34.4 Å². The van der Waals surface area contributed by atoms with Crippen molar-refractivity contribution in [2.45, 2.75) is 23.5 Å². The van der Waals surface area contributed by atoms with Crippen LogP contribution in [-0.2, 0) is 0 Å². The average molecular weight is 239 g/mol. The fourth-order valence-electron chi connectivity index (χ4n) is 1.18. The predicted octanol–water partition coefficient (Wildman–Crippen LogP) is 2.40. The lowest BCUT2D eigenvalue weighted by Crippen LogP contribution is -2.23. The van der Waals surface area contributed by atoms with Gasteiger partial charge in [-0.25, -0.2) is 0 Å². The number of nitrogens with two attached hydrogens (primary N) is 1. The number of nitro benzene ring substituents is 1. The number of nitrogens with zero attached hydrogens (tertiary/aromatic N) is 1. The van der Waals surface area contributed by atoms with E-state index in [0.29, 0.717) is 0 Å². The van der Waals surface area contributed by atoms with E-state index >= 15 is 0 Å². The largest absolute Gasteiger partial charge is 0.387 e. The van der Waals surface area contributed by atoms with Crippen LogP contribution < -0.4 is 5.73 Å². The fourth-order valence-corrected chi connectivity index (χ4v) is 2.09. The van der Waals surface area contributed by atoms with Gasteiger partial charge in [0.25, 0.3) is 5.69 Å². The molecule has 0 radical (unpaired) electrons. The molecule has 1 rings (SSSR count). The second-order valence-electron chi connectivity index (χ2n) is 3.22. The van der Waals surface area contributed by atoms with Crippen LogP contribution in [0.5, 0.6) is 0 Å². The first-order chi connectivity index (χ1) is 7.54. The van der Waals surface area contributed by atoms with Crippen LogP contribution in [0.2, 0.25) is 0 Å². The van der Waals surface area contributed by atoms with E-state index in [1.807, 2.05) is 6.92 Å². The van der Waals surface area contributed by atoms with E-state index in [9.17, 15) is 10.1 Å². The van der Waals surface area contributed by atoms with Crippen LogP contribution in [0, 0.1) is 15.5 Å². The molecule has 5 nitrogen and oxygen atoms in total. The molecular formula is C10H13N3O2S. The lowest BCUT2D eigenvalue weighted by molar-refractivity contribution is -0.384. The lowest BCUT2D eigenvalue weighted by Gasteiger charge is -2.11. The summed E-state index contributed by atoms with van der Waals surface area (Å²) in [7, 11) is 0. The predicted molar refractivity (Wildman–Crippen MR) is 64.9 cm³/mol. The third-order valence-electron chi connectivity index (χ3n) is 2.04. The quantitative estimate of drug-likeness (QED) is 0.271. The average Bonchev–Trinajstić information content (AvgIpc) is 2.26. The molecule has 0 aliphatic rings. The monoisotopic (exact) mass is 239 g/mol.